The lowest BCUT2D eigenvalue weighted by Gasteiger charge is -2.15. The van der Waals surface area contributed by atoms with Crippen molar-refractivity contribution in [3.05, 3.63) is 16.0 Å². The first kappa shape index (κ1) is 11.3. The predicted molar refractivity (Wildman–Crippen MR) is 65.6 cm³/mol. The minimum Gasteiger partial charge on any atom is -0.393 e. The van der Waals surface area contributed by atoms with Crippen LogP contribution in [0.15, 0.2) is 4.79 Å². The van der Waals surface area contributed by atoms with Crippen molar-refractivity contribution in [2.24, 2.45) is 7.05 Å². The second-order valence-corrected chi connectivity index (χ2v) is 4.72. The van der Waals surface area contributed by atoms with Crippen molar-refractivity contribution in [2.45, 2.75) is 51.5 Å². The smallest absolute Gasteiger partial charge is 0.290 e. The van der Waals surface area contributed by atoms with Crippen molar-refractivity contribution in [3.8, 4) is 0 Å². The standard InChI is InChI=1S/C12H21N3O/c1-3-6-10-11(13)12(16)15(14(10)2)9-7-4-5-8-9/h9H,3-8,13H2,1-2H3. The van der Waals surface area contributed by atoms with Gasteiger partial charge in [0.05, 0.1) is 11.7 Å². The molecule has 1 heterocycles. The molecule has 4 heteroatoms. The molecule has 0 saturated heterocycles. The van der Waals surface area contributed by atoms with E-state index in [1.165, 1.54) is 12.8 Å². The van der Waals surface area contributed by atoms with Gasteiger partial charge in [0.1, 0.15) is 5.69 Å². The lowest BCUT2D eigenvalue weighted by atomic mass is 10.2. The lowest BCUT2D eigenvalue weighted by molar-refractivity contribution is 0.386. The topological polar surface area (TPSA) is 53.0 Å². The number of nitrogen functional groups attached to an aromatic ring is 1. The summed E-state index contributed by atoms with van der Waals surface area (Å²) < 4.78 is 3.85. The van der Waals surface area contributed by atoms with Crippen molar-refractivity contribution in [1.29, 1.82) is 0 Å². The molecule has 0 radical (unpaired) electrons. The Morgan fingerprint density at radius 3 is 2.56 bits per heavy atom. The van der Waals surface area contributed by atoms with Gasteiger partial charge in [-0.2, -0.15) is 0 Å². The van der Waals surface area contributed by atoms with Gasteiger partial charge in [-0.05, 0) is 19.3 Å². The second-order valence-electron chi connectivity index (χ2n) is 4.72. The van der Waals surface area contributed by atoms with Crippen molar-refractivity contribution in [1.82, 2.24) is 9.36 Å². The molecular weight excluding hydrogens is 202 g/mol. The SMILES string of the molecule is CCCc1c(N)c(=O)n(C2CCCC2)n1C. The Kier molecular flexibility index (Phi) is 3.08. The summed E-state index contributed by atoms with van der Waals surface area (Å²) in [5.74, 6) is 0. The Morgan fingerprint density at radius 1 is 1.38 bits per heavy atom. The summed E-state index contributed by atoms with van der Waals surface area (Å²) >= 11 is 0. The van der Waals surface area contributed by atoms with Crippen LogP contribution in [0.2, 0.25) is 0 Å². The van der Waals surface area contributed by atoms with Crippen LogP contribution in [0, 0.1) is 0 Å². The zero-order chi connectivity index (χ0) is 11.7. The normalized spacial score (nSPS) is 17.1. The van der Waals surface area contributed by atoms with Gasteiger partial charge in [-0.3, -0.25) is 9.48 Å². The van der Waals surface area contributed by atoms with Crippen LogP contribution in [0.25, 0.3) is 0 Å². The number of nitrogens with two attached hydrogens (primary N) is 1. The first-order valence-corrected chi connectivity index (χ1v) is 6.22. The zero-order valence-corrected chi connectivity index (χ0v) is 10.2. The van der Waals surface area contributed by atoms with Crippen LogP contribution in [-0.2, 0) is 13.5 Å². The van der Waals surface area contributed by atoms with Crippen molar-refractivity contribution < 1.29 is 0 Å². The average molecular weight is 223 g/mol. The Bertz CT molecular complexity index is 424. The minimum atomic E-state index is 0.0119. The molecule has 0 bridgehead atoms. The molecule has 1 aromatic heterocycles. The van der Waals surface area contributed by atoms with Crippen LogP contribution in [0.3, 0.4) is 0 Å². The number of nitrogens with zero attached hydrogens (tertiary/aromatic N) is 2. The minimum absolute atomic E-state index is 0.0119. The fourth-order valence-electron chi connectivity index (χ4n) is 2.78. The number of rotatable bonds is 3. The summed E-state index contributed by atoms with van der Waals surface area (Å²) in [5, 5.41) is 0. The van der Waals surface area contributed by atoms with Crippen LogP contribution in [0.1, 0.15) is 50.8 Å². The quantitative estimate of drug-likeness (QED) is 0.850. The molecular formula is C12H21N3O. The van der Waals surface area contributed by atoms with Gasteiger partial charge in [0.15, 0.2) is 0 Å². The van der Waals surface area contributed by atoms with E-state index in [0.29, 0.717) is 11.7 Å². The number of aromatic nitrogens is 2. The highest BCUT2D eigenvalue weighted by Gasteiger charge is 2.23. The molecule has 0 aromatic carbocycles. The highest BCUT2D eigenvalue weighted by molar-refractivity contribution is 5.41. The van der Waals surface area contributed by atoms with E-state index in [2.05, 4.69) is 6.92 Å². The van der Waals surface area contributed by atoms with Crippen molar-refractivity contribution in [2.75, 3.05) is 5.73 Å². The van der Waals surface area contributed by atoms with Crippen LogP contribution in [0.4, 0.5) is 5.69 Å². The maximum atomic E-state index is 12.1. The second kappa shape index (κ2) is 4.36. The molecule has 0 amide bonds. The Balaban J connectivity index is 2.44. The van der Waals surface area contributed by atoms with E-state index in [0.717, 1.165) is 31.4 Å². The monoisotopic (exact) mass is 223 g/mol. The van der Waals surface area contributed by atoms with E-state index in [1.54, 1.807) is 0 Å². The molecule has 2 rings (SSSR count). The third-order valence-corrected chi connectivity index (χ3v) is 3.62. The van der Waals surface area contributed by atoms with E-state index >= 15 is 0 Å². The van der Waals surface area contributed by atoms with E-state index < -0.39 is 0 Å². The van der Waals surface area contributed by atoms with E-state index in [-0.39, 0.29) is 5.56 Å². The Morgan fingerprint density at radius 2 is 2.00 bits per heavy atom. The van der Waals surface area contributed by atoms with Crippen molar-refractivity contribution >= 4 is 5.69 Å². The van der Waals surface area contributed by atoms with Crippen LogP contribution in [-0.4, -0.2) is 9.36 Å². The van der Waals surface area contributed by atoms with Gasteiger partial charge in [-0.25, -0.2) is 4.68 Å². The van der Waals surface area contributed by atoms with Gasteiger partial charge in [-0.1, -0.05) is 26.2 Å². The summed E-state index contributed by atoms with van der Waals surface area (Å²) in [6.07, 6.45) is 6.59. The highest BCUT2D eigenvalue weighted by atomic mass is 16.1. The largest absolute Gasteiger partial charge is 0.393 e. The fraction of sp³-hybridized carbons (Fsp3) is 0.750. The first-order chi connectivity index (χ1) is 7.66. The molecule has 1 aliphatic rings. The number of anilines is 1. The number of hydrogen-bond acceptors (Lipinski definition) is 2. The van der Waals surface area contributed by atoms with E-state index in [1.807, 2.05) is 16.4 Å². The van der Waals surface area contributed by atoms with Gasteiger partial charge < -0.3 is 5.73 Å². The molecule has 0 aliphatic heterocycles. The predicted octanol–water partition coefficient (Wildman–Crippen LogP) is 1.84. The summed E-state index contributed by atoms with van der Waals surface area (Å²) in [6.45, 7) is 2.11. The number of hydrogen-bond donors (Lipinski definition) is 1. The molecule has 0 atom stereocenters. The van der Waals surface area contributed by atoms with Gasteiger partial charge in [0, 0.05) is 7.05 Å². The molecule has 16 heavy (non-hydrogen) atoms. The summed E-state index contributed by atoms with van der Waals surface area (Å²) in [6, 6.07) is 0.366. The van der Waals surface area contributed by atoms with Gasteiger partial charge in [0.25, 0.3) is 5.56 Å². The third kappa shape index (κ3) is 1.66. The fourth-order valence-corrected chi connectivity index (χ4v) is 2.78. The Hall–Kier alpha value is -1.19. The summed E-state index contributed by atoms with van der Waals surface area (Å²) in [5.41, 5.74) is 7.37. The Labute approximate surface area is 96.0 Å². The average Bonchev–Trinajstić information content (AvgIpc) is 2.83. The van der Waals surface area contributed by atoms with Crippen LogP contribution in [0.5, 0.6) is 0 Å². The molecule has 1 fully saturated rings. The first-order valence-electron chi connectivity index (χ1n) is 6.22. The molecule has 2 N–H and O–H groups in total. The molecule has 0 unspecified atom stereocenters. The van der Waals surface area contributed by atoms with Gasteiger partial charge in [0.2, 0.25) is 0 Å². The molecule has 1 saturated carbocycles. The highest BCUT2D eigenvalue weighted by Crippen LogP contribution is 2.29. The molecule has 1 aliphatic carbocycles. The maximum absolute atomic E-state index is 12.1. The molecule has 1 aromatic rings. The third-order valence-electron chi connectivity index (χ3n) is 3.62. The van der Waals surface area contributed by atoms with Crippen LogP contribution < -0.4 is 11.3 Å². The maximum Gasteiger partial charge on any atom is 0.290 e. The summed E-state index contributed by atoms with van der Waals surface area (Å²) in [7, 11) is 1.96. The molecule has 0 spiro atoms. The van der Waals surface area contributed by atoms with Gasteiger partial charge in [-0.15, -0.1) is 0 Å². The zero-order valence-electron chi connectivity index (χ0n) is 10.2. The van der Waals surface area contributed by atoms with Crippen LogP contribution >= 0.6 is 0 Å². The summed E-state index contributed by atoms with van der Waals surface area (Å²) in [4.78, 5) is 12.1. The molecule has 90 valence electrons. The molecule has 4 nitrogen and oxygen atoms in total. The van der Waals surface area contributed by atoms with Gasteiger partial charge >= 0.3 is 0 Å². The van der Waals surface area contributed by atoms with E-state index in [9.17, 15) is 4.79 Å². The van der Waals surface area contributed by atoms with E-state index in [4.69, 9.17) is 5.73 Å². The lowest BCUT2D eigenvalue weighted by Crippen LogP contribution is -2.26. The van der Waals surface area contributed by atoms with Crippen molar-refractivity contribution in [3.63, 3.8) is 0 Å².